The van der Waals surface area contributed by atoms with Crippen molar-refractivity contribution in [3.63, 3.8) is 0 Å². The number of nitrogens with zero attached hydrogens (tertiary/aromatic N) is 4. The van der Waals surface area contributed by atoms with Gasteiger partial charge in [-0.3, -0.25) is 19.2 Å². The number of aliphatic imine (C=N–C) groups is 1. The Morgan fingerprint density at radius 2 is 1.74 bits per heavy atom. The molecule has 1 saturated heterocycles. The lowest BCUT2D eigenvalue weighted by molar-refractivity contribution is -0.138. The van der Waals surface area contributed by atoms with Crippen LogP contribution in [0.3, 0.4) is 0 Å². The first-order chi connectivity index (χ1) is 22.0. The van der Waals surface area contributed by atoms with E-state index in [0.29, 0.717) is 36.8 Å². The number of hydrogen-bond donors (Lipinski definition) is 2. The summed E-state index contributed by atoms with van der Waals surface area (Å²) in [5.41, 5.74) is 0.989. The lowest BCUT2D eigenvalue weighted by Crippen LogP contribution is -2.55. The SMILES string of the molecule is CCC(=O)N[C@@H](C(=O)N1CCN(C)CC1)[C@@H](C)c1ccc(NC(=O)C(C=NC(=O)c2cccn2CC)C2CCC(C)CC2)c(F)c1. The molecule has 1 aliphatic carbocycles. The molecule has 1 aromatic heterocycles. The van der Waals surface area contributed by atoms with Crippen LogP contribution in [-0.2, 0) is 20.9 Å². The zero-order valence-corrected chi connectivity index (χ0v) is 27.8. The normalized spacial score (nSPS) is 21.0. The molecule has 1 aromatic carbocycles. The number of benzene rings is 1. The summed E-state index contributed by atoms with van der Waals surface area (Å²) in [5.74, 6) is -2.60. The van der Waals surface area contributed by atoms with Crippen molar-refractivity contribution < 1.29 is 23.6 Å². The highest BCUT2D eigenvalue weighted by molar-refractivity contribution is 6.06. The van der Waals surface area contributed by atoms with Crippen LogP contribution in [0.4, 0.5) is 10.1 Å². The second-order valence-electron chi connectivity index (χ2n) is 12.9. The lowest BCUT2D eigenvalue weighted by Gasteiger charge is -2.36. The minimum absolute atomic E-state index is 0.00857. The van der Waals surface area contributed by atoms with Gasteiger partial charge in [0.1, 0.15) is 17.6 Å². The first-order valence-electron chi connectivity index (χ1n) is 16.6. The number of rotatable bonds is 11. The molecule has 4 amide bonds. The molecule has 11 heteroatoms. The van der Waals surface area contributed by atoms with Crippen LogP contribution >= 0.6 is 0 Å². The number of anilines is 1. The fourth-order valence-corrected chi connectivity index (χ4v) is 6.37. The van der Waals surface area contributed by atoms with Crippen molar-refractivity contribution >= 4 is 35.5 Å². The van der Waals surface area contributed by atoms with Crippen LogP contribution in [-0.4, -0.2) is 83.5 Å². The number of carbonyl (C=O) groups is 4. The summed E-state index contributed by atoms with van der Waals surface area (Å²) >= 11 is 0. The molecule has 0 spiro atoms. The number of nitrogens with one attached hydrogen (secondary N) is 2. The Hall–Kier alpha value is -3.86. The highest BCUT2D eigenvalue weighted by atomic mass is 19.1. The van der Waals surface area contributed by atoms with Gasteiger partial charge < -0.3 is 25.0 Å². The number of likely N-dealkylation sites (N-methyl/N-ethyl adjacent to an activating group) is 1. The van der Waals surface area contributed by atoms with Crippen LogP contribution in [0, 0.1) is 23.6 Å². The van der Waals surface area contributed by atoms with Gasteiger partial charge in [0.05, 0.1) is 11.6 Å². The number of piperazine rings is 1. The largest absolute Gasteiger partial charge is 0.344 e. The molecular weight excluding hydrogens is 587 g/mol. The third-order valence-electron chi connectivity index (χ3n) is 9.61. The number of carbonyl (C=O) groups excluding carboxylic acids is 4. The van der Waals surface area contributed by atoms with Crippen LogP contribution < -0.4 is 10.6 Å². The smallest absolute Gasteiger partial charge is 0.293 e. The summed E-state index contributed by atoms with van der Waals surface area (Å²) in [7, 11) is 2.00. The molecular formula is C35H49FN6O4. The fraction of sp³-hybridized carbons (Fsp3) is 0.571. The van der Waals surface area contributed by atoms with E-state index < -0.39 is 35.5 Å². The maximum Gasteiger partial charge on any atom is 0.293 e. The third-order valence-corrected chi connectivity index (χ3v) is 9.61. The van der Waals surface area contributed by atoms with E-state index >= 15 is 4.39 Å². The van der Waals surface area contributed by atoms with Gasteiger partial charge in [0.25, 0.3) is 5.91 Å². The Labute approximate surface area is 271 Å². The summed E-state index contributed by atoms with van der Waals surface area (Å²) in [5, 5.41) is 5.60. The van der Waals surface area contributed by atoms with Crippen LogP contribution in [0.2, 0.25) is 0 Å². The molecule has 2 fully saturated rings. The molecule has 1 saturated carbocycles. The van der Waals surface area contributed by atoms with Gasteiger partial charge in [-0.25, -0.2) is 9.38 Å². The standard InChI is InChI=1S/C35H49FN6O4/c1-6-31(43)39-32(35(46)42-19-17-40(5)18-20-42)24(4)26-14-15-29(28(36)21-26)38-33(44)27(25-12-10-23(3)11-13-25)22-37-34(45)30-9-8-16-41(30)7-2/h8-9,14-16,21-25,27,32H,6-7,10-13,17-20H2,1-5H3,(H,38,44)(H,39,43)/t23?,24-,25?,27?,32+/m0/s1. The van der Waals surface area contributed by atoms with Crippen molar-refractivity contribution in [2.24, 2.45) is 22.7 Å². The summed E-state index contributed by atoms with van der Waals surface area (Å²) in [4.78, 5) is 60.6. The first-order valence-corrected chi connectivity index (χ1v) is 16.6. The number of aromatic nitrogens is 1. The van der Waals surface area contributed by atoms with Crippen molar-refractivity contribution in [2.45, 2.75) is 78.3 Å². The molecule has 46 heavy (non-hydrogen) atoms. The third kappa shape index (κ3) is 8.69. The molecule has 0 bridgehead atoms. The minimum atomic E-state index is -0.851. The van der Waals surface area contributed by atoms with Crippen molar-refractivity contribution in [1.82, 2.24) is 19.7 Å². The molecule has 10 nitrogen and oxygen atoms in total. The summed E-state index contributed by atoms with van der Waals surface area (Å²) in [6.45, 7) is 10.9. The second-order valence-corrected chi connectivity index (χ2v) is 12.9. The van der Waals surface area contributed by atoms with Crippen LogP contribution in [0.5, 0.6) is 0 Å². The van der Waals surface area contributed by atoms with Gasteiger partial charge in [-0.1, -0.05) is 39.7 Å². The number of aryl methyl sites for hydroxylation is 1. The zero-order chi connectivity index (χ0) is 33.4. The molecule has 1 aliphatic heterocycles. The van der Waals surface area contributed by atoms with E-state index in [4.69, 9.17) is 0 Å². The van der Waals surface area contributed by atoms with Gasteiger partial charge in [0.2, 0.25) is 17.7 Å². The number of hydrogen-bond acceptors (Lipinski definition) is 5. The Balaban J connectivity index is 1.52. The number of amides is 4. The predicted molar refractivity (Wildman–Crippen MR) is 177 cm³/mol. The van der Waals surface area contributed by atoms with E-state index in [1.807, 2.05) is 20.2 Å². The molecule has 0 radical (unpaired) electrons. The monoisotopic (exact) mass is 636 g/mol. The zero-order valence-electron chi connectivity index (χ0n) is 27.8. The predicted octanol–water partition coefficient (Wildman–Crippen LogP) is 4.71. The van der Waals surface area contributed by atoms with E-state index in [2.05, 4.69) is 27.4 Å². The maximum absolute atomic E-state index is 15.6. The Kier molecular flexibility index (Phi) is 12.3. The molecule has 2 aliphatic rings. The summed E-state index contributed by atoms with van der Waals surface area (Å²) in [6.07, 6.45) is 7.04. The fourth-order valence-electron chi connectivity index (χ4n) is 6.37. The van der Waals surface area contributed by atoms with E-state index in [0.717, 1.165) is 38.8 Å². The van der Waals surface area contributed by atoms with E-state index in [9.17, 15) is 19.2 Å². The molecule has 3 atom stereocenters. The van der Waals surface area contributed by atoms with Gasteiger partial charge in [0.15, 0.2) is 0 Å². The average molecular weight is 637 g/mol. The Morgan fingerprint density at radius 1 is 1.04 bits per heavy atom. The van der Waals surface area contributed by atoms with E-state index in [1.165, 1.54) is 18.3 Å². The molecule has 1 unspecified atom stereocenters. The van der Waals surface area contributed by atoms with E-state index in [-0.39, 0.29) is 29.8 Å². The minimum Gasteiger partial charge on any atom is -0.344 e. The highest BCUT2D eigenvalue weighted by Crippen LogP contribution is 2.34. The van der Waals surface area contributed by atoms with Crippen LogP contribution in [0.15, 0.2) is 41.5 Å². The Bertz CT molecular complexity index is 1410. The van der Waals surface area contributed by atoms with Gasteiger partial charge in [0, 0.05) is 57.5 Å². The summed E-state index contributed by atoms with van der Waals surface area (Å²) < 4.78 is 17.4. The van der Waals surface area contributed by atoms with Crippen LogP contribution in [0.1, 0.15) is 81.8 Å². The highest BCUT2D eigenvalue weighted by Gasteiger charge is 2.34. The lowest BCUT2D eigenvalue weighted by atomic mass is 9.76. The average Bonchev–Trinajstić information content (AvgIpc) is 3.54. The van der Waals surface area contributed by atoms with Crippen molar-refractivity contribution in [3.05, 3.63) is 53.6 Å². The molecule has 250 valence electrons. The molecule has 2 heterocycles. The quantitative estimate of drug-likeness (QED) is 0.347. The van der Waals surface area contributed by atoms with Crippen molar-refractivity contribution in [1.29, 1.82) is 0 Å². The Morgan fingerprint density at radius 3 is 2.37 bits per heavy atom. The molecule has 2 aromatic rings. The van der Waals surface area contributed by atoms with Gasteiger partial charge in [-0.15, -0.1) is 0 Å². The maximum atomic E-state index is 15.6. The van der Waals surface area contributed by atoms with E-state index in [1.54, 1.807) is 41.5 Å². The topological polar surface area (TPSA) is 116 Å². The van der Waals surface area contributed by atoms with Crippen molar-refractivity contribution in [2.75, 3.05) is 38.5 Å². The first kappa shape index (κ1) is 35.0. The van der Waals surface area contributed by atoms with Crippen LogP contribution in [0.25, 0.3) is 0 Å². The molecule has 4 rings (SSSR count). The second kappa shape index (κ2) is 16.1. The van der Waals surface area contributed by atoms with Crippen molar-refractivity contribution in [3.8, 4) is 0 Å². The van der Waals surface area contributed by atoms with Gasteiger partial charge >= 0.3 is 0 Å². The number of halogens is 1. The van der Waals surface area contributed by atoms with Gasteiger partial charge in [-0.2, -0.15) is 0 Å². The molecule has 2 N–H and O–H groups in total. The van der Waals surface area contributed by atoms with Gasteiger partial charge in [-0.05, 0) is 68.5 Å². The summed E-state index contributed by atoms with van der Waals surface area (Å²) in [6, 6.07) is 7.13.